The second-order valence-corrected chi connectivity index (χ2v) is 4.37. The number of aliphatic hydroxyl groups is 1. The van der Waals surface area contributed by atoms with Crippen LogP contribution in [0.15, 0.2) is 0 Å². The van der Waals surface area contributed by atoms with E-state index in [-0.39, 0.29) is 6.10 Å². The smallest absolute Gasteiger partial charge is 0.0543 e. The van der Waals surface area contributed by atoms with Crippen LogP contribution in [0.1, 0.15) is 33.1 Å². The van der Waals surface area contributed by atoms with Gasteiger partial charge in [-0.15, -0.1) is 0 Å². The fraction of sp³-hybridized carbons (Fsp3) is 1.00. The van der Waals surface area contributed by atoms with Crippen molar-refractivity contribution in [3.8, 4) is 0 Å². The van der Waals surface area contributed by atoms with Crippen molar-refractivity contribution in [1.82, 2.24) is 0 Å². The van der Waals surface area contributed by atoms with E-state index in [1.54, 1.807) is 0 Å². The molecule has 72 valence electrons. The summed E-state index contributed by atoms with van der Waals surface area (Å²) in [7, 11) is 0. The normalized spacial score (nSPS) is 32.8. The first kappa shape index (κ1) is 10.0. The zero-order valence-electron chi connectivity index (χ0n) is 8.16. The lowest BCUT2D eigenvalue weighted by Gasteiger charge is -2.25. The Morgan fingerprint density at radius 1 is 1.42 bits per heavy atom. The van der Waals surface area contributed by atoms with Crippen molar-refractivity contribution in [2.75, 3.05) is 6.54 Å². The van der Waals surface area contributed by atoms with Gasteiger partial charge in [-0.1, -0.05) is 13.8 Å². The van der Waals surface area contributed by atoms with Crippen molar-refractivity contribution in [1.29, 1.82) is 0 Å². The molecule has 12 heavy (non-hydrogen) atoms. The maximum atomic E-state index is 9.38. The van der Waals surface area contributed by atoms with Crippen molar-refractivity contribution >= 4 is 0 Å². The average Bonchev–Trinajstić information content (AvgIpc) is 2.37. The summed E-state index contributed by atoms with van der Waals surface area (Å²) in [5.74, 6) is 1.94. The molecule has 3 atom stereocenters. The van der Waals surface area contributed by atoms with Gasteiger partial charge < -0.3 is 10.8 Å². The van der Waals surface area contributed by atoms with E-state index in [0.29, 0.717) is 17.8 Å². The van der Waals surface area contributed by atoms with Crippen LogP contribution in [0.4, 0.5) is 0 Å². The van der Waals surface area contributed by atoms with Gasteiger partial charge in [0.05, 0.1) is 6.10 Å². The lowest BCUT2D eigenvalue weighted by atomic mass is 9.82. The predicted octanol–water partition coefficient (Wildman–Crippen LogP) is 1.38. The Kier molecular flexibility index (Phi) is 3.53. The van der Waals surface area contributed by atoms with E-state index < -0.39 is 0 Å². The Balaban J connectivity index is 2.44. The van der Waals surface area contributed by atoms with Crippen LogP contribution in [0.5, 0.6) is 0 Å². The van der Waals surface area contributed by atoms with Gasteiger partial charge in [0.1, 0.15) is 0 Å². The van der Waals surface area contributed by atoms with Gasteiger partial charge in [-0.3, -0.25) is 0 Å². The molecule has 0 spiro atoms. The maximum Gasteiger partial charge on any atom is 0.0543 e. The molecule has 1 fully saturated rings. The molecule has 0 aliphatic heterocycles. The minimum atomic E-state index is -0.0530. The highest BCUT2D eigenvalue weighted by Crippen LogP contribution is 2.34. The third kappa shape index (κ3) is 2.20. The Morgan fingerprint density at radius 3 is 2.42 bits per heavy atom. The largest absolute Gasteiger partial charge is 0.393 e. The molecule has 2 heteroatoms. The highest BCUT2D eigenvalue weighted by atomic mass is 16.3. The summed E-state index contributed by atoms with van der Waals surface area (Å²) in [6.07, 6.45) is 3.07. The average molecular weight is 171 g/mol. The molecule has 0 bridgehead atoms. The van der Waals surface area contributed by atoms with Crippen LogP contribution in [0.25, 0.3) is 0 Å². The molecule has 1 unspecified atom stereocenters. The van der Waals surface area contributed by atoms with E-state index >= 15 is 0 Å². The van der Waals surface area contributed by atoms with Gasteiger partial charge in [0.2, 0.25) is 0 Å². The first-order valence-corrected chi connectivity index (χ1v) is 5.03. The topological polar surface area (TPSA) is 46.2 Å². The Hall–Kier alpha value is -0.0800. The quantitative estimate of drug-likeness (QED) is 0.674. The Bertz CT molecular complexity index is 136. The summed E-state index contributed by atoms with van der Waals surface area (Å²) < 4.78 is 0. The van der Waals surface area contributed by atoms with Crippen molar-refractivity contribution in [3.05, 3.63) is 0 Å². The molecule has 0 aromatic rings. The van der Waals surface area contributed by atoms with Crippen molar-refractivity contribution < 1.29 is 5.11 Å². The molecule has 1 rings (SSSR count). The van der Waals surface area contributed by atoms with Crippen LogP contribution in [-0.4, -0.2) is 17.8 Å². The standard InChI is InChI=1S/C10H21NO/c1-7(2)10(6-11)8-3-4-9(12)5-8/h7-10,12H,3-6,11H2,1-2H3/t8-,9+,10?/m0/s1. The fourth-order valence-electron chi connectivity index (χ4n) is 2.39. The first-order valence-electron chi connectivity index (χ1n) is 5.03. The minimum Gasteiger partial charge on any atom is -0.393 e. The zero-order chi connectivity index (χ0) is 9.14. The van der Waals surface area contributed by atoms with E-state index in [9.17, 15) is 5.11 Å². The van der Waals surface area contributed by atoms with Crippen molar-refractivity contribution in [3.63, 3.8) is 0 Å². The van der Waals surface area contributed by atoms with Crippen LogP contribution in [0.3, 0.4) is 0 Å². The van der Waals surface area contributed by atoms with Crippen LogP contribution in [0, 0.1) is 17.8 Å². The van der Waals surface area contributed by atoms with E-state index in [2.05, 4.69) is 13.8 Å². The number of aliphatic hydroxyl groups excluding tert-OH is 1. The summed E-state index contributed by atoms with van der Waals surface area (Å²) in [5.41, 5.74) is 5.72. The molecule has 1 aliphatic carbocycles. The Morgan fingerprint density at radius 2 is 2.08 bits per heavy atom. The highest BCUT2D eigenvalue weighted by Gasteiger charge is 2.30. The fourth-order valence-corrected chi connectivity index (χ4v) is 2.39. The molecule has 2 nitrogen and oxygen atoms in total. The summed E-state index contributed by atoms with van der Waals surface area (Å²) in [4.78, 5) is 0. The molecule has 0 aromatic heterocycles. The number of nitrogens with two attached hydrogens (primary N) is 1. The lowest BCUT2D eigenvalue weighted by Crippen LogP contribution is -2.27. The van der Waals surface area contributed by atoms with Crippen LogP contribution >= 0.6 is 0 Å². The molecule has 1 aliphatic rings. The van der Waals surface area contributed by atoms with Gasteiger partial charge in [-0.05, 0) is 43.6 Å². The summed E-state index contributed by atoms with van der Waals surface area (Å²) in [6, 6.07) is 0. The lowest BCUT2D eigenvalue weighted by molar-refractivity contribution is 0.164. The zero-order valence-corrected chi connectivity index (χ0v) is 8.16. The molecule has 0 amide bonds. The molecule has 3 N–H and O–H groups in total. The second kappa shape index (κ2) is 4.24. The van der Waals surface area contributed by atoms with Gasteiger partial charge in [0.25, 0.3) is 0 Å². The van der Waals surface area contributed by atoms with Gasteiger partial charge in [-0.2, -0.15) is 0 Å². The highest BCUT2D eigenvalue weighted by molar-refractivity contribution is 4.82. The van der Waals surface area contributed by atoms with E-state index in [1.807, 2.05) is 0 Å². The SMILES string of the molecule is CC(C)C(CN)[C@H]1CC[C@@H](O)C1. The first-order chi connectivity index (χ1) is 5.65. The van der Waals surface area contributed by atoms with Crippen LogP contribution in [0.2, 0.25) is 0 Å². The summed E-state index contributed by atoms with van der Waals surface area (Å²) in [6.45, 7) is 5.22. The van der Waals surface area contributed by atoms with E-state index in [0.717, 1.165) is 19.4 Å². The molecular weight excluding hydrogens is 150 g/mol. The third-order valence-corrected chi connectivity index (χ3v) is 3.18. The third-order valence-electron chi connectivity index (χ3n) is 3.18. The number of rotatable bonds is 3. The van der Waals surface area contributed by atoms with Gasteiger partial charge in [0, 0.05) is 0 Å². The minimum absolute atomic E-state index is 0.0530. The van der Waals surface area contributed by atoms with Crippen LogP contribution < -0.4 is 5.73 Å². The predicted molar refractivity (Wildman–Crippen MR) is 50.7 cm³/mol. The number of hydrogen-bond donors (Lipinski definition) is 2. The molecule has 0 saturated heterocycles. The molecule has 0 heterocycles. The van der Waals surface area contributed by atoms with Gasteiger partial charge in [0.15, 0.2) is 0 Å². The molecule has 0 radical (unpaired) electrons. The number of hydrogen-bond acceptors (Lipinski definition) is 2. The summed E-state index contributed by atoms with van der Waals surface area (Å²) in [5, 5.41) is 9.38. The maximum absolute atomic E-state index is 9.38. The molecule has 1 saturated carbocycles. The molecule has 0 aromatic carbocycles. The van der Waals surface area contributed by atoms with Gasteiger partial charge >= 0.3 is 0 Å². The van der Waals surface area contributed by atoms with E-state index in [4.69, 9.17) is 5.73 Å². The van der Waals surface area contributed by atoms with Crippen molar-refractivity contribution in [2.45, 2.75) is 39.2 Å². The monoisotopic (exact) mass is 171 g/mol. The van der Waals surface area contributed by atoms with Crippen LogP contribution in [-0.2, 0) is 0 Å². The van der Waals surface area contributed by atoms with Gasteiger partial charge in [-0.25, -0.2) is 0 Å². The molecular formula is C10H21NO. The second-order valence-electron chi connectivity index (χ2n) is 4.37. The summed E-state index contributed by atoms with van der Waals surface area (Å²) >= 11 is 0. The van der Waals surface area contributed by atoms with Crippen molar-refractivity contribution in [2.24, 2.45) is 23.5 Å². The Labute approximate surface area is 75.2 Å². The van der Waals surface area contributed by atoms with E-state index in [1.165, 1.54) is 6.42 Å².